The van der Waals surface area contributed by atoms with E-state index < -0.39 is 0 Å². The second-order valence-corrected chi connectivity index (χ2v) is 7.36. The van der Waals surface area contributed by atoms with Crippen molar-refractivity contribution in [1.29, 1.82) is 0 Å². The van der Waals surface area contributed by atoms with Crippen LogP contribution in [0.5, 0.6) is 0 Å². The van der Waals surface area contributed by atoms with Crippen molar-refractivity contribution in [2.45, 2.75) is 26.9 Å². The molecule has 0 fully saturated rings. The number of benzene rings is 1. The summed E-state index contributed by atoms with van der Waals surface area (Å²) in [6.07, 6.45) is 4.65. The Kier molecular flexibility index (Phi) is 6.20. The first-order valence-electron chi connectivity index (χ1n) is 8.91. The Morgan fingerprint density at radius 2 is 2.11 bits per heavy atom. The van der Waals surface area contributed by atoms with Crippen molar-refractivity contribution < 1.29 is 4.39 Å². The molecule has 0 radical (unpaired) electrons. The minimum Gasteiger partial charge on any atom is -0.405 e. The van der Waals surface area contributed by atoms with Crippen LogP contribution in [0.3, 0.4) is 0 Å². The van der Waals surface area contributed by atoms with Crippen LogP contribution in [0.1, 0.15) is 23.2 Å². The molecule has 0 amide bonds. The molecule has 2 N–H and O–H groups in total. The molecule has 8 heteroatoms. The van der Waals surface area contributed by atoms with Crippen LogP contribution in [-0.2, 0) is 13.1 Å². The SMILES string of the molecule is CCN(Cc1cc(=O)n2c(CN=CC=CN)c(C)sc2n1)c1ccc(F)cc1. The van der Waals surface area contributed by atoms with Crippen molar-refractivity contribution in [3.8, 4) is 0 Å². The molecule has 0 aliphatic carbocycles. The molecule has 0 saturated heterocycles. The van der Waals surface area contributed by atoms with E-state index in [2.05, 4.69) is 9.98 Å². The fourth-order valence-electron chi connectivity index (χ4n) is 2.92. The lowest BCUT2D eigenvalue weighted by molar-refractivity contribution is 0.627. The van der Waals surface area contributed by atoms with Gasteiger partial charge in [-0.1, -0.05) is 0 Å². The number of hydrogen-bond donors (Lipinski definition) is 1. The van der Waals surface area contributed by atoms with Crippen LogP contribution in [0, 0.1) is 12.7 Å². The topological polar surface area (TPSA) is 76.0 Å². The molecule has 146 valence electrons. The van der Waals surface area contributed by atoms with Crippen LogP contribution >= 0.6 is 11.3 Å². The molecule has 0 atom stereocenters. The molecule has 2 heterocycles. The fraction of sp³-hybridized carbons (Fsp3) is 0.250. The lowest BCUT2D eigenvalue weighted by Gasteiger charge is -2.22. The Hall–Kier alpha value is -3.00. The van der Waals surface area contributed by atoms with Gasteiger partial charge in [-0.25, -0.2) is 9.37 Å². The lowest BCUT2D eigenvalue weighted by Crippen LogP contribution is -2.25. The number of aromatic nitrogens is 2. The van der Waals surface area contributed by atoms with E-state index in [4.69, 9.17) is 5.73 Å². The van der Waals surface area contributed by atoms with Crippen molar-refractivity contribution >= 4 is 28.2 Å². The van der Waals surface area contributed by atoms with Gasteiger partial charge in [-0.2, -0.15) is 0 Å². The van der Waals surface area contributed by atoms with E-state index in [9.17, 15) is 9.18 Å². The number of anilines is 1. The third kappa shape index (κ3) is 4.28. The highest BCUT2D eigenvalue weighted by atomic mass is 32.1. The third-order valence-electron chi connectivity index (χ3n) is 4.33. The molecule has 28 heavy (non-hydrogen) atoms. The van der Waals surface area contributed by atoms with Crippen LogP contribution in [0.4, 0.5) is 10.1 Å². The van der Waals surface area contributed by atoms with Gasteiger partial charge in [-0.05, 0) is 50.4 Å². The molecule has 1 aromatic carbocycles. The van der Waals surface area contributed by atoms with Gasteiger partial charge in [-0.15, -0.1) is 11.3 Å². The van der Waals surface area contributed by atoms with Crippen LogP contribution in [0.15, 0.2) is 52.4 Å². The highest BCUT2D eigenvalue weighted by molar-refractivity contribution is 7.17. The Bertz CT molecular complexity index is 1070. The van der Waals surface area contributed by atoms with Crippen molar-refractivity contribution in [3.05, 3.63) is 75.0 Å². The highest BCUT2D eigenvalue weighted by Crippen LogP contribution is 2.22. The molecule has 2 aromatic heterocycles. The number of aliphatic imine (C=N–C) groups is 1. The van der Waals surface area contributed by atoms with E-state index in [1.54, 1.807) is 34.9 Å². The zero-order valence-electron chi connectivity index (χ0n) is 15.8. The maximum atomic E-state index is 13.2. The molecule has 0 aliphatic rings. The van der Waals surface area contributed by atoms with Gasteiger partial charge < -0.3 is 10.6 Å². The van der Waals surface area contributed by atoms with Gasteiger partial charge >= 0.3 is 0 Å². The van der Waals surface area contributed by atoms with Gasteiger partial charge in [0.25, 0.3) is 5.56 Å². The van der Waals surface area contributed by atoms with E-state index in [-0.39, 0.29) is 11.4 Å². The molecular weight excluding hydrogens is 377 g/mol. The van der Waals surface area contributed by atoms with Crippen LogP contribution in [0.2, 0.25) is 0 Å². The summed E-state index contributed by atoms with van der Waals surface area (Å²) in [5.74, 6) is -0.274. The summed E-state index contributed by atoms with van der Waals surface area (Å²) in [7, 11) is 0. The van der Waals surface area contributed by atoms with Crippen molar-refractivity contribution in [2.75, 3.05) is 11.4 Å². The zero-order valence-corrected chi connectivity index (χ0v) is 16.6. The van der Waals surface area contributed by atoms with Gasteiger partial charge in [0.2, 0.25) is 0 Å². The number of nitrogens with zero attached hydrogens (tertiary/aromatic N) is 4. The summed E-state index contributed by atoms with van der Waals surface area (Å²) in [5.41, 5.74) is 7.56. The van der Waals surface area contributed by atoms with Gasteiger partial charge in [0.05, 0.1) is 24.5 Å². The highest BCUT2D eigenvalue weighted by Gasteiger charge is 2.14. The number of hydrogen-bond acceptors (Lipinski definition) is 6. The second kappa shape index (κ2) is 8.79. The molecule has 6 nitrogen and oxygen atoms in total. The summed E-state index contributed by atoms with van der Waals surface area (Å²) in [4.78, 5) is 25.4. The maximum absolute atomic E-state index is 13.2. The van der Waals surface area contributed by atoms with Gasteiger partial charge in [0.15, 0.2) is 4.96 Å². The van der Waals surface area contributed by atoms with E-state index in [0.29, 0.717) is 30.3 Å². The molecule has 0 bridgehead atoms. The third-order valence-corrected chi connectivity index (χ3v) is 5.33. The minimum atomic E-state index is -0.274. The average molecular weight is 399 g/mol. The zero-order chi connectivity index (χ0) is 20.1. The van der Waals surface area contributed by atoms with Crippen LogP contribution < -0.4 is 16.2 Å². The summed E-state index contributed by atoms with van der Waals surface area (Å²) >= 11 is 1.47. The Morgan fingerprint density at radius 3 is 2.79 bits per heavy atom. The summed E-state index contributed by atoms with van der Waals surface area (Å²) < 4.78 is 14.8. The average Bonchev–Trinajstić information content (AvgIpc) is 2.99. The first-order chi connectivity index (χ1) is 13.5. The summed E-state index contributed by atoms with van der Waals surface area (Å²) in [5, 5.41) is 0. The van der Waals surface area contributed by atoms with E-state index in [1.165, 1.54) is 29.7 Å². The monoisotopic (exact) mass is 399 g/mol. The minimum absolute atomic E-state index is 0.126. The molecule has 0 unspecified atom stereocenters. The van der Waals surface area contributed by atoms with Crippen LogP contribution in [-0.4, -0.2) is 22.1 Å². The van der Waals surface area contributed by atoms with Gasteiger partial charge in [0, 0.05) is 29.4 Å². The quantitative estimate of drug-likeness (QED) is 0.619. The smallest absolute Gasteiger partial charge is 0.259 e. The number of aryl methyl sites for hydroxylation is 1. The maximum Gasteiger partial charge on any atom is 0.259 e. The molecule has 3 rings (SSSR count). The number of fused-ring (bicyclic) bond motifs is 1. The van der Waals surface area contributed by atoms with Crippen molar-refractivity contribution in [1.82, 2.24) is 9.38 Å². The predicted molar refractivity (Wildman–Crippen MR) is 113 cm³/mol. The van der Waals surface area contributed by atoms with Gasteiger partial charge in [-0.3, -0.25) is 14.2 Å². The standard InChI is InChI=1S/C20H22FN5OS/c1-3-25(17-7-5-15(21)6-8-17)13-16-11-19(27)26-18(12-23-10-4-9-22)14(2)28-20(26)24-16/h4-11H,3,12-13,22H2,1-2H3. The Morgan fingerprint density at radius 1 is 1.36 bits per heavy atom. The second-order valence-electron chi connectivity index (χ2n) is 6.17. The van der Waals surface area contributed by atoms with E-state index >= 15 is 0 Å². The van der Waals surface area contributed by atoms with Crippen LogP contribution in [0.25, 0.3) is 4.96 Å². The number of allylic oxidation sites excluding steroid dienone is 1. The predicted octanol–water partition coefficient (Wildman–Crippen LogP) is 3.27. The first kappa shape index (κ1) is 19.8. The fourth-order valence-corrected chi connectivity index (χ4v) is 3.92. The summed E-state index contributed by atoms with van der Waals surface area (Å²) in [6, 6.07) is 7.87. The number of halogens is 1. The molecule has 3 aromatic rings. The number of thiazole rings is 1. The van der Waals surface area contributed by atoms with Gasteiger partial charge in [0.1, 0.15) is 5.82 Å². The summed E-state index contributed by atoms with van der Waals surface area (Å²) in [6.45, 7) is 5.53. The molecule has 0 saturated carbocycles. The number of nitrogens with two attached hydrogens (primary N) is 1. The molecular formula is C20H22FN5OS. The largest absolute Gasteiger partial charge is 0.405 e. The normalized spacial score (nSPS) is 11.8. The first-order valence-corrected chi connectivity index (χ1v) is 9.73. The van der Waals surface area contributed by atoms with E-state index in [0.717, 1.165) is 16.3 Å². The molecule has 0 spiro atoms. The Labute approximate surface area is 166 Å². The Balaban J connectivity index is 1.91. The molecule has 0 aliphatic heterocycles. The number of rotatable bonds is 7. The lowest BCUT2D eigenvalue weighted by atomic mass is 10.2. The van der Waals surface area contributed by atoms with Crippen molar-refractivity contribution in [2.24, 2.45) is 10.7 Å². The van der Waals surface area contributed by atoms with Crippen molar-refractivity contribution in [3.63, 3.8) is 0 Å². The van der Waals surface area contributed by atoms with E-state index in [1.807, 2.05) is 18.7 Å².